The summed E-state index contributed by atoms with van der Waals surface area (Å²) < 4.78 is 29.8. The maximum absolute atomic E-state index is 12.5. The molecule has 8 nitrogen and oxygen atoms in total. The summed E-state index contributed by atoms with van der Waals surface area (Å²) in [6.07, 6.45) is 2.87. The molecule has 0 fully saturated rings. The highest BCUT2D eigenvalue weighted by Crippen LogP contribution is 2.25. The van der Waals surface area contributed by atoms with Gasteiger partial charge in [-0.05, 0) is 23.8 Å². The Hall–Kier alpha value is -2.72. The lowest BCUT2D eigenvalue weighted by Crippen LogP contribution is -2.14. The van der Waals surface area contributed by atoms with E-state index in [0.29, 0.717) is 6.54 Å². The van der Waals surface area contributed by atoms with Gasteiger partial charge in [0.2, 0.25) is 0 Å². The molecular formula is C16H13BrN4O4S. The minimum atomic E-state index is -4.11. The zero-order valence-corrected chi connectivity index (χ0v) is 15.6. The second-order valence-electron chi connectivity index (χ2n) is 5.38. The molecule has 0 aliphatic rings. The fraction of sp³-hybridized carbons (Fsp3) is 0.0625. The first kappa shape index (κ1) is 18.1. The highest BCUT2D eigenvalue weighted by Gasteiger charge is 2.25. The number of para-hydroxylation sites is 1. The molecule has 0 bridgehead atoms. The van der Waals surface area contributed by atoms with Crippen LogP contribution in [0, 0.1) is 10.1 Å². The second-order valence-corrected chi connectivity index (χ2v) is 7.95. The molecule has 10 heteroatoms. The van der Waals surface area contributed by atoms with E-state index in [0.717, 1.165) is 16.1 Å². The van der Waals surface area contributed by atoms with Gasteiger partial charge in [0.25, 0.3) is 15.7 Å². The van der Waals surface area contributed by atoms with Crippen molar-refractivity contribution in [3.05, 3.63) is 81.1 Å². The number of nitrogens with one attached hydrogen (secondary N) is 1. The van der Waals surface area contributed by atoms with E-state index in [1.165, 1.54) is 30.6 Å². The molecule has 0 spiro atoms. The van der Waals surface area contributed by atoms with E-state index in [1.807, 2.05) is 24.3 Å². The number of aromatic nitrogens is 2. The van der Waals surface area contributed by atoms with Gasteiger partial charge < -0.3 is 0 Å². The Labute approximate surface area is 157 Å². The second kappa shape index (κ2) is 7.26. The number of benzene rings is 2. The van der Waals surface area contributed by atoms with Gasteiger partial charge in [0.15, 0.2) is 4.90 Å². The molecule has 0 saturated carbocycles. The minimum absolute atomic E-state index is 0.222. The molecule has 0 amide bonds. The molecule has 1 N–H and O–H groups in total. The van der Waals surface area contributed by atoms with Crippen LogP contribution in [0.3, 0.4) is 0 Å². The Balaban J connectivity index is 1.80. The predicted molar refractivity (Wildman–Crippen MR) is 99.4 cm³/mol. The highest BCUT2D eigenvalue weighted by atomic mass is 79.9. The Morgan fingerprint density at radius 1 is 1.15 bits per heavy atom. The van der Waals surface area contributed by atoms with E-state index in [1.54, 1.807) is 4.68 Å². The number of rotatable bonds is 6. The molecule has 26 heavy (non-hydrogen) atoms. The highest BCUT2D eigenvalue weighted by molar-refractivity contribution is 9.10. The molecule has 1 aromatic heterocycles. The van der Waals surface area contributed by atoms with Crippen LogP contribution in [0.1, 0.15) is 5.56 Å². The lowest BCUT2D eigenvalue weighted by Gasteiger charge is -2.06. The third-order valence-electron chi connectivity index (χ3n) is 3.49. The van der Waals surface area contributed by atoms with Crippen LogP contribution < -0.4 is 4.72 Å². The maximum Gasteiger partial charge on any atom is 0.289 e. The van der Waals surface area contributed by atoms with Crippen molar-refractivity contribution >= 4 is 37.3 Å². The molecule has 0 unspecified atom stereocenters. The Kier molecular flexibility index (Phi) is 5.05. The Morgan fingerprint density at radius 2 is 1.85 bits per heavy atom. The number of anilines is 1. The number of hydrogen-bond donors (Lipinski definition) is 1. The van der Waals surface area contributed by atoms with E-state index < -0.39 is 25.5 Å². The van der Waals surface area contributed by atoms with Gasteiger partial charge in [-0.15, -0.1) is 0 Å². The molecular weight excluding hydrogens is 424 g/mol. The Morgan fingerprint density at radius 3 is 2.54 bits per heavy atom. The van der Waals surface area contributed by atoms with Gasteiger partial charge >= 0.3 is 0 Å². The predicted octanol–water partition coefficient (Wildman–Crippen LogP) is 3.40. The molecule has 1 heterocycles. The van der Waals surface area contributed by atoms with Crippen molar-refractivity contribution in [2.24, 2.45) is 0 Å². The van der Waals surface area contributed by atoms with Gasteiger partial charge in [0, 0.05) is 16.7 Å². The summed E-state index contributed by atoms with van der Waals surface area (Å²) in [6, 6.07) is 12.8. The average Bonchev–Trinajstić information content (AvgIpc) is 3.03. The molecule has 0 radical (unpaired) electrons. The summed E-state index contributed by atoms with van der Waals surface area (Å²) in [6.45, 7) is 0.459. The lowest BCUT2D eigenvalue weighted by atomic mass is 10.2. The van der Waals surface area contributed by atoms with Crippen LogP contribution in [0.15, 0.2) is 70.3 Å². The van der Waals surface area contributed by atoms with Gasteiger partial charge in [-0.25, -0.2) is 8.42 Å². The third kappa shape index (κ3) is 4.09. The fourth-order valence-electron chi connectivity index (χ4n) is 2.32. The van der Waals surface area contributed by atoms with Crippen LogP contribution in [-0.2, 0) is 16.6 Å². The fourth-order valence-corrected chi connectivity index (χ4v) is 3.79. The molecule has 0 aliphatic carbocycles. The summed E-state index contributed by atoms with van der Waals surface area (Å²) in [5, 5.41) is 15.2. The van der Waals surface area contributed by atoms with E-state index in [2.05, 4.69) is 25.8 Å². The van der Waals surface area contributed by atoms with Crippen molar-refractivity contribution < 1.29 is 13.3 Å². The topological polar surface area (TPSA) is 107 Å². The number of halogens is 1. The number of hydrogen-bond acceptors (Lipinski definition) is 5. The lowest BCUT2D eigenvalue weighted by molar-refractivity contribution is -0.387. The molecule has 134 valence electrons. The third-order valence-corrected chi connectivity index (χ3v) is 5.45. The smallest absolute Gasteiger partial charge is 0.276 e. The number of nitrogens with zero attached hydrogens (tertiary/aromatic N) is 3. The van der Waals surface area contributed by atoms with Crippen LogP contribution >= 0.6 is 15.9 Å². The van der Waals surface area contributed by atoms with Crippen molar-refractivity contribution in [3.8, 4) is 0 Å². The van der Waals surface area contributed by atoms with Crippen molar-refractivity contribution in [1.29, 1.82) is 0 Å². The number of nitro groups is 1. The first-order valence-corrected chi connectivity index (χ1v) is 9.66. The van der Waals surface area contributed by atoms with Gasteiger partial charge in [-0.1, -0.05) is 40.2 Å². The van der Waals surface area contributed by atoms with Crippen molar-refractivity contribution in [2.75, 3.05) is 4.72 Å². The molecule has 0 saturated heterocycles. The molecule has 0 atom stereocenters. The molecule has 0 aliphatic heterocycles. The van der Waals surface area contributed by atoms with Gasteiger partial charge in [0.1, 0.15) is 0 Å². The summed E-state index contributed by atoms with van der Waals surface area (Å²) >= 11 is 3.36. The first-order valence-electron chi connectivity index (χ1n) is 7.38. The standard InChI is InChI=1S/C16H13BrN4O4S/c17-13-7-5-12(6-8-13)10-20-11-14(9-18-20)19-26(24,25)16-4-2-1-3-15(16)21(22)23/h1-9,11,19H,10H2. The zero-order chi connectivity index (χ0) is 18.7. The van der Waals surface area contributed by atoms with Gasteiger partial charge in [0.05, 0.1) is 23.4 Å². The van der Waals surface area contributed by atoms with Crippen LogP contribution in [-0.4, -0.2) is 23.1 Å². The van der Waals surface area contributed by atoms with Crippen molar-refractivity contribution in [2.45, 2.75) is 11.4 Å². The van der Waals surface area contributed by atoms with Crippen LogP contribution in [0.2, 0.25) is 0 Å². The minimum Gasteiger partial charge on any atom is -0.276 e. The Bertz CT molecular complexity index is 1050. The van der Waals surface area contributed by atoms with Gasteiger partial charge in [-0.2, -0.15) is 5.10 Å². The first-order chi connectivity index (χ1) is 12.3. The summed E-state index contributed by atoms with van der Waals surface area (Å²) in [5.41, 5.74) is 0.729. The normalized spacial score (nSPS) is 11.3. The SMILES string of the molecule is O=[N+]([O-])c1ccccc1S(=O)(=O)Nc1cnn(Cc2ccc(Br)cc2)c1. The maximum atomic E-state index is 12.5. The van der Waals surface area contributed by atoms with Crippen LogP contribution in [0.25, 0.3) is 0 Å². The number of nitro benzene ring substituents is 1. The van der Waals surface area contributed by atoms with Crippen LogP contribution in [0.4, 0.5) is 11.4 Å². The van der Waals surface area contributed by atoms with E-state index >= 15 is 0 Å². The van der Waals surface area contributed by atoms with Crippen molar-refractivity contribution in [1.82, 2.24) is 9.78 Å². The summed E-state index contributed by atoms with van der Waals surface area (Å²) in [4.78, 5) is 9.92. The quantitative estimate of drug-likeness (QED) is 0.470. The number of sulfonamides is 1. The monoisotopic (exact) mass is 436 g/mol. The van der Waals surface area contributed by atoms with Crippen molar-refractivity contribution in [3.63, 3.8) is 0 Å². The van der Waals surface area contributed by atoms with Gasteiger partial charge in [-0.3, -0.25) is 19.5 Å². The molecule has 3 rings (SSSR count). The van der Waals surface area contributed by atoms with Crippen LogP contribution in [0.5, 0.6) is 0 Å². The van der Waals surface area contributed by atoms with E-state index in [4.69, 9.17) is 0 Å². The summed E-state index contributed by atoms with van der Waals surface area (Å²) in [7, 11) is -4.11. The molecule has 3 aromatic rings. The largest absolute Gasteiger partial charge is 0.289 e. The summed E-state index contributed by atoms with van der Waals surface area (Å²) in [5.74, 6) is 0. The van der Waals surface area contributed by atoms with E-state index in [-0.39, 0.29) is 5.69 Å². The molecule has 2 aromatic carbocycles. The zero-order valence-electron chi connectivity index (χ0n) is 13.2. The average molecular weight is 437 g/mol. The van der Waals surface area contributed by atoms with E-state index in [9.17, 15) is 18.5 Å².